The topological polar surface area (TPSA) is 15.3 Å². The fraction of sp³-hybridized carbons (Fsp3) is 0.600. The molecule has 1 saturated heterocycles. The van der Waals surface area contributed by atoms with E-state index in [-0.39, 0.29) is 0 Å². The number of rotatable bonds is 2. The third-order valence-electron chi connectivity index (χ3n) is 3.54. The van der Waals surface area contributed by atoms with Gasteiger partial charge in [0.25, 0.3) is 0 Å². The van der Waals surface area contributed by atoms with E-state index >= 15 is 0 Å². The van der Waals surface area contributed by atoms with Gasteiger partial charge in [-0.25, -0.2) is 0 Å². The van der Waals surface area contributed by atoms with Crippen LogP contribution in [0.25, 0.3) is 0 Å². The van der Waals surface area contributed by atoms with Crippen molar-refractivity contribution in [2.75, 3.05) is 25.5 Å². The minimum absolute atomic E-state index is 0.640. The minimum atomic E-state index is 0.640. The molecule has 1 aromatic rings. The van der Waals surface area contributed by atoms with Crippen LogP contribution in [-0.2, 0) is 0 Å². The molecule has 1 atom stereocenters. The Morgan fingerprint density at radius 1 is 1.06 bits per heavy atom. The number of nitrogens with zero attached hydrogens (tertiary/aromatic N) is 1. The highest BCUT2D eigenvalue weighted by atomic mass is 15.1. The first-order chi connectivity index (χ1) is 8.13. The van der Waals surface area contributed by atoms with Crippen LogP contribution in [0.2, 0.25) is 0 Å². The van der Waals surface area contributed by atoms with Gasteiger partial charge in [0.2, 0.25) is 0 Å². The average molecular weight is 232 g/mol. The first kappa shape index (κ1) is 12.4. The molecule has 2 heteroatoms. The quantitative estimate of drug-likeness (QED) is 0.842. The van der Waals surface area contributed by atoms with E-state index in [0.29, 0.717) is 6.04 Å². The molecular formula is C15H24N2. The Bertz CT molecular complexity index is 353. The predicted octanol–water partition coefficient (Wildman–Crippen LogP) is 3.20. The van der Waals surface area contributed by atoms with Crippen molar-refractivity contribution in [1.29, 1.82) is 0 Å². The van der Waals surface area contributed by atoms with Crippen LogP contribution < -0.4 is 5.32 Å². The summed E-state index contributed by atoms with van der Waals surface area (Å²) in [4.78, 5) is 2.43. The van der Waals surface area contributed by atoms with E-state index in [1.165, 1.54) is 49.2 Å². The van der Waals surface area contributed by atoms with Gasteiger partial charge in [-0.2, -0.15) is 0 Å². The summed E-state index contributed by atoms with van der Waals surface area (Å²) < 4.78 is 0. The summed E-state index contributed by atoms with van der Waals surface area (Å²) in [6.45, 7) is 6.78. The SMILES string of the molecule is Cc1cc(C)cc(NC2CCCN(C)CC2)c1. The molecule has 1 heterocycles. The molecule has 0 bridgehead atoms. The van der Waals surface area contributed by atoms with Crippen molar-refractivity contribution >= 4 is 5.69 Å². The molecule has 0 amide bonds. The van der Waals surface area contributed by atoms with Gasteiger partial charge in [0.15, 0.2) is 0 Å². The number of hydrogen-bond acceptors (Lipinski definition) is 2. The molecule has 17 heavy (non-hydrogen) atoms. The van der Waals surface area contributed by atoms with Gasteiger partial charge in [0.05, 0.1) is 0 Å². The van der Waals surface area contributed by atoms with Crippen molar-refractivity contribution in [2.24, 2.45) is 0 Å². The Morgan fingerprint density at radius 2 is 1.76 bits per heavy atom. The highest BCUT2D eigenvalue weighted by Crippen LogP contribution is 2.19. The monoisotopic (exact) mass is 232 g/mol. The van der Waals surface area contributed by atoms with Crippen molar-refractivity contribution in [1.82, 2.24) is 4.90 Å². The Balaban J connectivity index is 1.99. The molecule has 94 valence electrons. The summed E-state index contributed by atoms with van der Waals surface area (Å²) in [5.41, 5.74) is 3.98. The number of hydrogen-bond donors (Lipinski definition) is 1. The lowest BCUT2D eigenvalue weighted by Crippen LogP contribution is -2.23. The lowest BCUT2D eigenvalue weighted by Gasteiger charge is -2.18. The lowest BCUT2D eigenvalue weighted by atomic mass is 10.1. The highest BCUT2D eigenvalue weighted by molar-refractivity contribution is 5.49. The summed E-state index contributed by atoms with van der Waals surface area (Å²) in [6, 6.07) is 7.37. The Morgan fingerprint density at radius 3 is 2.47 bits per heavy atom. The minimum Gasteiger partial charge on any atom is -0.382 e. The highest BCUT2D eigenvalue weighted by Gasteiger charge is 2.14. The van der Waals surface area contributed by atoms with E-state index in [4.69, 9.17) is 0 Å². The van der Waals surface area contributed by atoms with Crippen molar-refractivity contribution in [3.8, 4) is 0 Å². The molecule has 0 spiro atoms. The first-order valence-electron chi connectivity index (χ1n) is 6.67. The molecular weight excluding hydrogens is 208 g/mol. The number of anilines is 1. The van der Waals surface area contributed by atoms with Crippen LogP contribution in [0.1, 0.15) is 30.4 Å². The number of nitrogens with one attached hydrogen (secondary N) is 1. The van der Waals surface area contributed by atoms with E-state index in [1.807, 2.05) is 0 Å². The van der Waals surface area contributed by atoms with Crippen molar-refractivity contribution < 1.29 is 0 Å². The molecule has 1 aliphatic rings. The van der Waals surface area contributed by atoms with Gasteiger partial charge in [-0.15, -0.1) is 0 Å². The van der Waals surface area contributed by atoms with E-state index in [2.05, 4.69) is 49.3 Å². The molecule has 0 saturated carbocycles. The molecule has 1 fully saturated rings. The zero-order valence-corrected chi connectivity index (χ0v) is 11.3. The van der Waals surface area contributed by atoms with Crippen LogP contribution in [0.4, 0.5) is 5.69 Å². The Labute approximate surface area is 105 Å². The van der Waals surface area contributed by atoms with Gasteiger partial charge in [0, 0.05) is 11.7 Å². The van der Waals surface area contributed by atoms with E-state index < -0.39 is 0 Å². The number of benzene rings is 1. The second-order valence-corrected chi connectivity index (χ2v) is 5.45. The van der Waals surface area contributed by atoms with Crippen LogP contribution in [-0.4, -0.2) is 31.1 Å². The molecule has 2 nitrogen and oxygen atoms in total. The molecule has 0 radical (unpaired) electrons. The number of aryl methyl sites for hydroxylation is 2. The van der Waals surface area contributed by atoms with Crippen LogP contribution in [0.15, 0.2) is 18.2 Å². The van der Waals surface area contributed by atoms with Crippen molar-refractivity contribution in [3.05, 3.63) is 29.3 Å². The number of likely N-dealkylation sites (tertiary alicyclic amines) is 1. The largest absolute Gasteiger partial charge is 0.382 e. The lowest BCUT2D eigenvalue weighted by molar-refractivity contribution is 0.348. The molecule has 2 rings (SSSR count). The molecule has 1 N–H and O–H groups in total. The van der Waals surface area contributed by atoms with Crippen molar-refractivity contribution in [3.63, 3.8) is 0 Å². The Kier molecular flexibility index (Phi) is 4.06. The van der Waals surface area contributed by atoms with Gasteiger partial charge in [0.1, 0.15) is 0 Å². The second-order valence-electron chi connectivity index (χ2n) is 5.45. The van der Waals surface area contributed by atoms with Gasteiger partial charge < -0.3 is 10.2 Å². The summed E-state index contributed by atoms with van der Waals surface area (Å²) >= 11 is 0. The zero-order chi connectivity index (χ0) is 12.3. The van der Waals surface area contributed by atoms with Crippen LogP contribution in [0, 0.1) is 13.8 Å². The van der Waals surface area contributed by atoms with E-state index in [0.717, 1.165) is 0 Å². The maximum absolute atomic E-state index is 3.70. The smallest absolute Gasteiger partial charge is 0.0347 e. The maximum Gasteiger partial charge on any atom is 0.0347 e. The Hall–Kier alpha value is -1.02. The first-order valence-corrected chi connectivity index (χ1v) is 6.67. The standard InChI is InChI=1S/C15H24N2/c1-12-9-13(2)11-15(10-12)16-14-5-4-7-17(3)8-6-14/h9-11,14,16H,4-8H2,1-3H3. The summed E-state index contributed by atoms with van der Waals surface area (Å²) in [7, 11) is 2.22. The third kappa shape index (κ3) is 3.74. The van der Waals surface area contributed by atoms with Crippen LogP contribution in [0.5, 0.6) is 0 Å². The van der Waals surface area contributed by atoms with Crippen LogP contribution >= 0.6 is 0 Å². The fourth-order valence-electron chi connectivity index (χ4n) is 2.68. The molecule has 0 aliphatic carbocycles. The zero-order valence-electron chi connectivity index (χ0n) is 11.3. The second kappa shape index (κ2) is 5.54. The van der Waals surface area contributed by atoms with Gasteiger partial charge in [-0.05, 0) is 76.5 Å². The molecule has 0 aromatic heterocycles. The van der Waals surface area contributed by atoms with Crippen LogP contribution in [0.3, 0.4) is 0 Å². The average Bonchev–Trinajstić information content (AvgIpc) is 2.42. The molecule has 1 unspecified atom stereocenters. The molecule has 1 aromatic carbocycles. The predicted molar refractivity (Wildman–Crippen MR) is 74.7 cm³/mol. The summed E-state index contributed by atoms with van der Waals surface area (Å²) in [5.74, 6) is 0. The summed E-state index contributed by atoms with van der Waals surface area (Å²) in [5, 5.41) is 3.70. The van der Waals surface area contributed by atoms with Gasteiger partial charge >= 0.3 is 0 Å². The third-order valence-corrected chi connectivity index (χ3v) is 3.54. The summed E-state index contributed by atoms with van der Waals surface area (Å²) in [6.07, 6.45) is 3.85. The molecule has 1 aliphatic heterocycles. The van der Waals surface area contributed by atoms with E-state index in [1.54, 1.807) is 0 Å². The maximum atomic E-state index is 3.70. The normalized spacial score (nSPS) is 22.2. The van der Waals surface area contributed by atoms with E-state index in [9.17, 15) is 0 Å². The van der Waals surface area contributed by atoms with Gasteiger partial charge in [-0.3, -0.25) is 0 Å². The van der Waals surface area contributed by atoms with Crippen molar-refractivity contribution in [2.45, 2.75) is 39.2 Å². The fourth-order valence-corrected chi connectivity index (χ4v) is 2.68. The van der Waals surface area contributed by atoms with Gasteiger partial charge in [-0.1, -0.05) is 6.07 Å².